The molecule has 0 aliphatic carbocycles. The Bertz CT molecular complexity index is 807. The van der Waals surface area contributed by atoms with Crippen molar-refractivity contribution in [3.8, 4) is 5.75 Å². The van der Waals surface area contributed by atoms with Crippen molar-refractivity contribution in [2.75, 3.05) is 30.4 Å². The highest BCUT2D eigenvalue weighted by atomic mass is 32.1. The molecule has 3 rings (SSSR count). The van der Waals surface area contributed by atoms with Crippen LogP contribution in [0.15, 0.2) is 35.8 Å². The van der Waals surface area contributed by atoms with Crippen LogP contribution in [0.5, 0.6) is 5.75 Å². The Hall–Kier alpha value is -2.94. The first-order valence-corrected chi connectivity index (χ1v) is 9.36. The predicted molar refractivity (Wildman–Crippen MR) is 102 cm³/mol. The van der Waals surface area contributed by atoms with Crippen LogP contribution in [0.4, 0.5) is 10.8 Å². The van der Waals surface area contributed by atoms with E-state index in [9.17, 15) is 14.4 Å². The third-order valence-electron chi connectivity index (χ3n) is 4.21. The summed E-state index contributed by atoms with van der Waals surface area (Å²) < 4.78 is 5.11. The minimum atomic E-state index is -0.429. The number of aromatic nitrogens is 1. The van der Waals surface area contributed by atoms with Gasteiger partial charge in [-0.1, -0.05) is 0 Å². The summed E-state index contributed by atoms with van der Waals surface area (Å²) in [6.07, 6.45) is 1.91. The molecule has 1 atom stereocenters. The van der Waals surface area contributed by atoms with Gasteiger partial charge < -0.3 is 20.3 Å². The molecule has 0 radical (unpaired) electrons. The number of carbonyl (C=O) groups is 3. The minimum Gasteiger partial charge on any atom is -0.497 e. The molecule has 0 spiro atoms. The molecule has 2 aromatic rings. The number of benzene rings is 1. The number of carbonyl (C=O) groups excluding carboxylic acids is 3. The Morgan fingerprint density at radius 2 is 2.11 bits per heavy atom. The summed E-state index contributed by atoms with van der Waals surface area (Å²) in [5.74, 6) is -0.256. The van der Waals surface area contributed by atoms with Gasteiger partial charge in [-0.2, -0.15) is 0 Å². The molecule has 9 heteroatoms. The molecule has 0 saturated carbocycles. The zero-order chi connectivity index (χ0) is 19.2. The Labute approximate surface area is 160 Å². The van der Waals surface area contributed by atoms with E-state index in [0.29, 0.717) is 17.4 Å². The van der Waals surface area contributed by atoms with Gasteiger partial charge in [-0.25, -0.2) is 4.98 Å². The van der Waals surface area contributed by atoms with Crippen molar-refractivity contribution in [1.29, 1.82) is 0 Å². The number of thiazole rings is 1. The van der Waals surface area contributed by atoms with Crippen molar-refractivity contribution in [3.63, 3.8) is 0 Å². The number of methoxy groups -OCH3 is 1. The largest absolute Gasteiger partial charge is 0.497 e. The van der Waals surface area contributed by atoms with Gasteiger partial charge in [-0.3, -0.25) is 14.4 Å². The summed E-state index contributed by atoms with van der Waals surface area (Å²) >= 11 is 1.33. The third-order valence-corrected chi connectivity index (χ3v) is 4.90. The first-order chi connectivity index (χ1) is 13.1. The summed E-state index contributed by atoms with van der Waals surface area (Å²) in [4.78, 5) is 41.9. The zero-order valence-electron chi connectivity index (χ0n) is 14.8. The second-order valence-electron chi connectivity index (χ2n) is 6.03. The maximum atomic E-state index is 12.3. The van der Waals surface area contributed by atoms with Crippen LogP contribution < -0.4 is 20.3 Å². The lowest BCUT2D eigenvalue weighted by Crippen LogP contribution is -2.34. The molecule has 3 amide bonds. The first kappa shape index (κ1) is 18.8. The van der Waals surface area contributed by atoms with Crippen molar-refractivity contribution >= 4 is 39.9 Å². The van der Waals surface area contributed by atoms with Gasteiger partial charge in [-0.05, 0) is 24.3 Å². The number of amides is 3. The van der Waals surface area contributed by atoms with Crippen LogP contribution in [0.3, 0.4) is 0 Å². The normalized spacial score (nSPS) is 16.3. The molecule has 2 heterocycles. The molecule has 142 valence electrons. The molecule has 1 aromatic heterocycles. The van der Waals surface area contributed by atoms with Gasteiger partial charge in [0.25, 0.3) is 0 Å². The molecule has 1 fully saturated rings. The van der Waals surface area contributed by atoms with Crippen molar-refractivity contribution in [2.45, 2.75) is 12.8 Å². The fourth-order valence-corrected chi connectivity index (χ4v) is 3.35. The predicted octanol–water partition coefficient (Wildman–Crippen LogP) is 1.65. The van der Waals surface area contributed by atoms with Crippen LogP contribution >= 0.6 is 11.3 Å². The number of hydrogen-bond donors (Lipinski definition) is 2. The lowest BCUT2D eigenvalue weighted by molar-refractivity contribution is -0.126. The number of nitrogens with one attached hydrogen (secondary N) is 2. The van der Waals surface area contributed by atoms with Crippen LogP contribution in [-0.4, -0.2) is 42.9 Å². The standard InChI is InChI=1S/C18H20N4O4S/c1-26-14-4-2-13(3-5-14)22-11-12(10-16(22)24)17(25)19-7-6-15(23)21-18-20-8-9-27-18/h2-5,8-9,12H,6-7,10-11H2,1H3,(H,19,25)(H,20,21,23). The lowest BCUT2D eigenvalue weighted by Gasteiger charge is -2.17. The summed E-state index contributed by atoms with van der Waals surface area (Å²) in [6.45, 7) is 0.533. The van der Waals surface area contributed by atoms with Gasteiger partial charge >= 0.3 is 0 Å². The van der Waals surface area contributed by atoms with Crippen LogP contribution in [0.2, 0.25) is 0 Å². The number of anilines is 2. The fraction of sp³-hybridized carbons (Fsp3) is 0.333. The van der Waals surface area contributed by atoms with Gasteiger partial charge in [0.2, 0.25) is 17.7 Å². The Morgan fingerprint density at radius 1 is 1.33 bits per heavy atom. The molecule has 1 saturated heterocycles. The monoisotopic (exact) mass is 388 g/mol. The first-order valence-electron chi connectivity index (χ1n) is 8.48. The van der Waals surface area contributed by atoms with Crippen molar-refractivity contribution in [2.24, 2.45) is 5.92 Å². The van der Waals surface area contributed by atoms with Gasteiger partial charge in [0, 0.05) is 43.2 Å². The van der Waals surface area contributed by atoms with E-state index in [1.54, 1.807) is 47.9 Å². The van der Waals surface area contributed by atoms with Crippen LogP contribution in [0, 0.1) is 5.92 Å². The van der Waals surface area contributed by atoms with E-state index in [2.05, 4.69) is 15.6 Å². The molecule has 1 aliphatic heterocycles. The second kappa shape index (κ2) is 8.63. The Morgan fingerprint density at radius 3 is 2.78 bits per heavy atom. The van der Waals surface area contributed by atoms with E-state index < -0.39 is 5.92 Å². The van der Waals surface area contributed by atoms with Crippen LogP contribution in [0.25, 0.3) is 0 Å². The van der Waals surface area contributed by atoms with E-state index in [-0.39, 0.29) is 37.1 Å². The number of nitrogens with zero attached hydrogens (tertiary/aromatic N) is 2. The molecule has 2 N–H and O–H groups in total. The molecule has 1 aliphatic rings. The van der Waals surface area contributed by atoms with E-state index >= 15 is 0 Å². The SMILES string of the molecule is COc1ccc(N2CC(C(=O)NCCC(=O)Nc3nccs3)CC2=O)cc1. The third kappa shape index (κ3) is 4.82. The van der Waals surface area contributed by atoms with E-state index in [4.69, 9.17) is 4.74 Å². The smallest absolute Gasteiger partial charge is 0.227 e. The van der Waals surface area contributed by atoms with Crippen molar-refractivity contribution in [3.05, 3.63) is 35.8 Å². The summed E-state index contributed by atoms with van der Waals surface area (Å²) in [7, 11) is 1.58. The molecular weight excluding hydrogens is 368 g/mol. The molecule has 0 bridgehead atoms. The van der Waals surface area contributed by atoms with E-state index in [1.165, 1.54) is 11.3 Å². The van der Waals surface area contributed by atoms with Crippen LogP contribution in [0.1, 0.15) is 12.8 Å². The average Bonchev–Trinajstić information content (AvgIpc) is 3.31. The highest BCUT2D eigenvalue weighted by molar-refractivity contribution is 7.13. The van der Waals surface area contributed by atoms with Gasteiger partial charge in [0.1, 0.15) is 5.75 Å². The molecule has 8 nitrogen and oxygen atoms in total. The zero-order valence-corrected chi connectivity index (χ0v) is 15.6. The van der Waals surface area contributed by atoms with Gasteiger partial charge in [0.05, 0.1) is 13.0 Å². The molecule has 27 heavy (non-hydrogen) atoms. The Balaban J connectivity index is 1.46. The average molecular weight is 388 g/mol. The minimum absolute atomic E-state index is 0.0955. The fourth-order valence-electron chi connectivity index (χ4n) is 2.81. The number of hydrogen-bond acceptors (Lipinski definition) is 6. The van der Waals surface area contributed by atoms with Crippen molar-refractivity contribution < 1.29 is 19.1 Å². The summed E-state index contributed by atoms with van der Waals surface area (Å²) in [5.41, 5.74) is 0.735. The topological polar surface area (TPSA) is 101 Å². The summed E-state index contributed by atoms with van der Waals surface area (Å²) in [6, 6.07) is 7.13. The molecule has 1 aromatic carbocycles. The maximum absolute atomic E-state index is 12.3. The number of rotatable bonds is 7. The maximum Gasteiger partial charge on any atom is 0.227 e. The molecule has 1 unspecified atom stereocenters. The summed E-state index contributed by atoms with van der Waals surface area (Å²) in [5, 5.41) is 7.68. The Kier molecular flexibility index (Phi) is 6.02. The molecular formula is C18H20N4O4S. The highest BCUT2D eigenvalue weighted by Crippen LogP contribution is 2.26. The van der Waals surface area contributed by atoms with Crippen molar-refractivity contribution in [1.82, 2.24) is 10.3 Å². The quantitative estimate of drug-likeness (QED) is 0.751. The van der Waals surface area contributed by atoms with E-state index in [1.807, 2.05) is 0 Å². The lowest BCUT2D eigenvalue weighted by atomic mass is 10.1. The van der Waals surface area contributed by atoms with Gasteiger partial charge in [-0.15, -0.1) is 11.3 Å². The number of ether oxygens (including phenoxy) is 1. The second-order valence-corrected chi connectivity index (χ2v) is 6.92. The van der Waals surface area contributed by atoms with Gasteiger partial charge in [0.15, 0.2) is 5.13 Å². The highest BCUT2D eigenvalue weighted by Gasteiger charge is 2.35. The van der Waals surface area contributed by atoms with E-state index in [0.717, 1.165) is 5.69 Å². The van der Waals surface area contributed by atoms with Crippen LogP contribution in [-0.2, 0) is 14.4 Å².